The van der Waals surface area contributed by atoms with Gasteiger partial charge in [-0.25, -0.2) is 0 Å². The number of methoxy groups -OCH3 is 1. The summed E-state index contributed by atoms with van der Waals surface area (Å²) in [5.74, 6) is 0.474. The molecule has 0 saturated carbocycles. The Morgan fingerprint density at radius 2 is 1.71 bits per heavy atom. The van der Waals surface area contributed by atoms with Gasteiger partial charge in [0.2, 0.25) is 11.8 Å². The molecule has 0 radical (unpaired) electrons. The third-order valence-electron chi connectivity index (χ3n) is 4.61. The summed E-state index contributed by atoms with van der Waals surface area (Å²) >= 11 is 0. The minimum Gasteiger partial charge on any atom is -0.497 e. The average molecular weight is 383 g/mol. The van der Waals surface area contributed by atoms with Crippen LogP contribution in [0.1, 0.15) is 25.5 Å². The zero-order valence-electron chi connectivity index (χ0n) is 17.0. The maximum Gasteiger partial charge on any atom is 0.244 e. The van der Waals surface area contributed by atoms with Crippen molar-refractivity contribution in [2.24, 2.45) is 0 Å². The number of benzene rings is 2. The first-order valence-electron chi connectivity index (χ1n) is 9.48. The van der Waals surface area contributed by atoms with E-state index in [-0.39, 0.29) is 18.4 Å². The zero-order chi connectivity index (χ0) is 20.5. The number of nitrogens with zero attached hydrogens (tertiary/aromatic N) is 2. The number of carbonyl (C=O) groups excluding carboxylic acids is 2. The average Bonchev–Trinajstić information content (AvgIpc) is 2.70. The van der Waals surface area contributed by atoms with E-state index in [0.717, 1.165) is 5.56 Å². The van der Waals surface area contributed by atoms with Crippen LogP contribution in [0.25, 0.3) is 0 Å². The molecule has 28 heavy (non-hydrogen) atoms. The molecular formula is C22H29N3O3. The lowest BCUT2D eigenvalue weighted by Crippen LogP contribution is -2.44. The van der Waals surface area contributed by atoms with Crippen molar-refractivity contribution in [2.45, 2.75) is 19.9 Å². The molecule has 1 N–H and O–H groups in total. The van der Waals surface area contributed by atoms with Gasteiger partial charge in [0.1, 0.15) is 11.8 Å². The van der Waals surface area contributed by atoms with E-state index >= 15 is 0 Å². The molecule has 0 saturated heterocycles. The largest absolute Gasteiger partial charge is 0.497 e. The first-order valence-corrected chi connectivity index (χ1v) is 9.48. The summed E-state index contributed by atoms with van der Waals surface area (Å²) in [4.78, 5) is 29.2. The summed E-state index contributed by atoms with van der Waals surface area (Å²) in [6.07, 6.45) is 0. The van der Waals surface area contributed by atoms with Gasteiger partial charge in [-0.15, -0.1) is 0 Å². The van der Waals surface area contributed by atoms with E-state index in [1.54, 1.807) is 36.1 Å². The molecule has 1 atom stereocenters. The third-order valence-corrected chi connectivity index (χ3v) is 4.61. The summed E-state index contributed by atoms with van der Waals surface area (Å²) in [5.41, 5.74) is 1.53. The lowest BCUT2D eigenvalue weighted by molar-refractivity contribution is -0.137. The van der Waals surface area contributed by atoms with Crippen LogP contribution in [-0.2, 0) is 9.59 Å². The first kappa shape index (κ1) is 21.4. The summed E-state index contributed by atoms with van der Waals surface area (Å²) in [5, 5.41) is 2.86. The maximum absolute atomic E-state index is 13.1. The fourth-order valence-corrected chi connectivity index (χ4v) is 3.15. The standard InChI is InChI=1S/C22H29N3O3/c1-5-25(6-2)22(27)21(17-11-8-7-9-12-17)24(3)16-20(26)23-18-13-10-14-19(15-18)28-4/h7-15,21H,5-6,16H2,1-4H3,(H,23,26)/t21-/m0/s1. The number of rotatable bonds is 9. The highest BCUT2D eigenvalue weighted by Crippen LogP contribution is 2.22. The molecule has 2 amide bonds. The van der Waals surface area contributed by atoms with Gasteiger partial charge in [-0.1, -0.05) is 36.4 Å². The predicted octanol–water partition coefficient (Wildman–Crippen LogP) is 3.18. The normalized spacial score (nSPS) is 11.8. The van der Waals surface area contributed by atoms with Crippen molar-refractivity contribution in [1.29, 1.82) is 0 Å². The Labute approximate surface area is 167 Å². The predicted molar refractivity (Wildman–Crippen MR) is 111 cm³/mol. The van der Waals surface area contributed by atoms with Crippen LogP contribution in [0.4, 0.5) is 5.69 Å². The number of carbonyl (C=O) groups is 2. The van der Waals surface area contributed by atoms with Crippen molar-refractivity contribution < 1.29 is 14.3 Å². The highest BCUT2D eigenvalue weighted by Gasteiger charge is 2.29. The van der Waals surface area contributed by atoms with Gasteiger partial charge < -0.3 is 15.0 Å². The quantitative estimate of drug-likeness (QED) is 0.722. The fraction of sp³-hybridized carbons (Fsp3) is 0.364. The SMILES string of the molecule is CCN(CC)C(=O)[C@H](c1ccccc1)N(C)CC(=O)Nc1cccc(OC)c1. The van der Waals surface area contributed by atoms with Crippen LogP contribution in [0.5, 0.6) is 5.75 Å². The maximum atomic E-state index is 13.1. The third kappa shape index (κ3) is 5.57. The second-order valence-corrected chi connectivity index (χ2v) is 6.52. The minimum absolute atomic E-state index is 0.00659. The molecule has 0 spiro atoms. The van der Waals surface area contributed by atoms with Crippen molar-refractivity contribution in [3.8, 4) is 5.75 Å². The van der Waals surface area contributed by atoms with Crippen molar-refractivity contribution in [3.63, 3.8) is 0 Å². The first-order chi connectivity index (χ1) is 13.5. The topological polar surface area (TPSA) is 61.9 Å². The number of hydrogen-bond acceptors (Lipinski definition) is 4. The number of anilines is 1. The van der Waals surface area contributed by atoms with Gasteiger partial charge in [0, 0.05) is 24.8 Å². The summed E-state index contributed by atoms with van der Waals surface area (Å²) < 4.78 is 5.18. The molecule has 0 fully saturated rings. The minimum atomic E-state index is -0.517. The Balaban J connectivity index is 2.16. The van der Waals surface area contributed by atoms with Crippen LogP contribution in [0.15, 0.2) is 54.6 Å². The van der Waals surface area contributed by atoms with Crippen LogP contribution in [0.2, 0.25) is 0 Å². The molecule has 2 aromatic rings. The number of ether oxygens (including phenoxy) is 1. The smallest absolute Gasteiger partial charge is 0.244 e. The van der Waals surface area contributed by atoms with Crippen LogP contribution in [0, 0.1) is 0 Å². The molecule has 0 aromatic heterocycles. The second kappa shape index (κ2) is 10.5. The molecule has 6 heteroatoms. The zero-order valence-corrected chi connectivity index (χ0v) is 17.0. The van der Waals surface area contributed by atoms with E-state index in [2.05, 4.69) is 5.32 Å². The van der Waals surface area contributed by atoms with Crippen LogP contribution >= 0.6 is 0 Å². The van der Waals surface area contributed by atoms with Crippen LogP contribution in [0.3, 0.4) is 0 Å². The summed E-state index contributed by atoms with van der Waals surface area (Å²) in [6.45, 7) is 5.26. The monoisotopic (exact) mass is 383 g/mol. The van der Waals surface area contributed by atoms with Crippen LogP contribution in [-0.4, -0.2) is 55.4 Å². The van der Waals surface area contributed by atoms with E-state index in [1.807, 2.05) is 56.3 Å². The second-order valence-electron chi connectivity index (χ2n) is 6.52. The van der Waals surface area contributed by atoms with E-state index in [1.165, 1.54) is 0 Å². The van der Waals surface area contributed by atoms with Crippen molar-refractivity contribution in [2.75, 3.05) is 39.1 Å². The molecule has 0 aliphatic carbocycles. The Bertz CT molecular complexity index is 776. The van der Waals surface area contributed by atoms with Gasteiger partial charge in [-0.2, -0.15) is 0 Å². The molecule has 6 nitrogen and oxygen atoms in total. The Kier molecular flexibility index (Phi) is 8.02. The van der Waals surface area contributed by atoms with E-state index in [4.69, 9.17) is 4.74 Å². The van der Waals surface area contributed by atoms with Crippen LogP contribution < -0.4 is 10.1 Å². The molecule has 0 bridgehead atoms. The van der Waals surface area contributed by atoms with Crippen molar-refractivity contribution >= 4 is 17.5 Å². The summed E-state index contributed by atoms with van der Waals surface area (Å²) in [6, 6.07) is 16.2. The lowest BCUT2D eigenvalue weighted by Gasteiger charge is -2.31. The molecule has 0 unspecified atom stereocenters. The van der Waals surface area contributed by atoms with Gasteiger partial charge in [-0.3, -0.25) is 14.5 Å². The van der Waals surface area contributed by atoms with Crippen molar-refractivity contribution in [1.82, 2.24) is 9.80 Å². The number of nitrogens with one attached hydrogen (secondary N) is 1. The molecule has 2 rings (SSSR count). The number of amides is 2. The number of hydrogen-bond donors (Lipinski definition) is 1. The van der Waals surface area contributed by atoms with Gasteiger partial charge in [0.15, 0.2) is 0 Å². The Morgan fingerprint density at radius 3 is 2.32 bits per heavy atom. The highest BCUT2D eigenvalue weighted by atomic mass is 16.5. The van der Waals surface area contributed by atoms with Crippen molar-refractivity contribution in [3.05, 3.63) is 60.2 Å². The summed E-state index contributed by atoms with van der Waals surface area (Å²) in [7, 11) is 3.38. The Morgan fingerprint density at radius 1 is 1.04 bits per heavy atom. The fourth-order valence-electron chi connectivity index (χ4n) is 3.15. The van der Waals surface area contributed by atoms with E-state index in [9.17, 15) is 9.59 Å². The molecule has 150 valence electrons. The molecule has 0 aliphatic heterocycles. The van der Waals surface area contributed by atoms with E-state index in [0.29, 0.717) is 24.5 Å². The van der Waals surface area contributed by atoms with Gasteiger partial charge in [-0.05, 0) is 38.6 Å². The Hall–Kier alpha value is -2.86. The highest BCUT2D eigenvalue weighted by molar-refractivity contribution is 5.93. The number of likely N-dealkylation sites (N-methyl/N-ethyl adjacent to an activating group) is 2. The van der Waals surface area contributed by atoms with Gasteiger partial charge >= 0.3 is 0 Å². The van der Waals surface area contributed by atoms with E-state index < -0.39 is 6.04 Å². The lowest BCUT2D eigenvalue weighted by atomic mass is 10.0. The van der Waals surface area contributed by atoms with Gasteiger partial charge in [0.25, 0.3) is 0 Å². The molecule has 2 aromatic carbocycles. The molecule has 0 heterocycles. The van der Waals surface area contributed by atoms with Gasteiger partial charge in [0.05, 0.1) is 13.7 Å². The molecular weight excluding hydrogens is 354 g/mol. The molecule has 0 aliphatic rings.